The molecular formula is C24H17ClF2N4O2. The molecule has 0 aliphatic heterocycles. The fraction of sp³-hybridized carbons (Fsp3) is 0.125. The molecule has 0 fully saturated rings. The first-order valence-electron chi connectivity index (χ1n) is 9.82. The summed E-state index contributed by atoms with van der Waals surface area (Å²) in [4.78, 5) is 31.7. The van der Waals surface area contributed by atoms with E-state index in [2.05, 4.69) is 21.8 Å². The van der Waals surface area contributed by atoms with Gasteiger partial charge in [-0.1, -0.05) is 29.5 Å². The molecule has 1 amide bonds. The number of primary amides is 1. The number of nitrogens with two attached hydrogens (primary N) is 1. The maximum absolute atomic E-state index is 14.7. The maximum atomic E-state index is 14.7. The van der Waals surface area contributed by atoms with Crippen LogP contribution in [0.1, 0.15) is 39.4 Å². The molecule has 1 aromatic carbocycles. The van der Waals surface area contributed by atoms with Crippen LogP contribution in [0.5, 0.6) is 0 Å². The van der Waals surface area contributed by atoms with Gasteiger partial charge >= 0.3 is 0 Å². The van der Waals surface area contributed by atoms with Crippen LogP contribution in [0, 0.1) is 23.5 Å². The highest BCUT2D eigenvalue weighted by Gasteiger charge is 2.22. The number of fused-ring (bicyclic) bond motifs is 1. The predicted molar refractivity (Wildman–Crippen MR) is 121 cm³/mol. The van der Waals surface area contributed by atoms with Gasteiger partial charge in [0.2, 0.25) is 0 Å². The number of carbonyl (C=O) groups excluding carboxylic acids is 1. The van der Waals surface area contributed by atoms with Crippen LogP contribution < -0.4 is 11.3 Å². The van der Waals surface area contributed by atoms with Crippen molar-refractivity contribution in [2.75, 3.05) is 0 Å². The van der Waals surface area contributed by atoms with Gasteiger partial charge in [-0.05, 0) is 29.8 Å². The minimum atomic E-state index is -0.857. The van der Waals surface area contributed by atoms with Gasteiger partial charge in [-0.3, -0.25) is 9.59 Å². The highest BCUT2D eigenvalue weighted by molar-refractivity contribution is 6.36. The van der Waals surface area contributed by atoms with E-state index in [0.29, 0.717) is 16.1 Å². The normalized spacial score (nSPS) is 11.8. The summed E-state index contributed by atoms with van der Waals surface area (Å²) < 4.78 is 30.0. The van der Waals surface area contributed by atoms with E-state index in [0.717, 1.165) is 18.2 Å². The molecule has 4 rings (SSSR count). The number of halogens is 3. The number of pyridine rings is 2. The lowest BCUT2D eigenvalue weighted by Crippen LogP contribution is -2.23. The lowest BCUT2D eigenvalue weighted by atomic mass is 9.88. The molecule has 0 bridgehead atoms. The van der Waals surface area contributed by atoms with Crippen molar-refractivity contribution < 1.29 is 13.6 Å². The minimum Gasteiger partial charge on any atom is -0.366 e. The van der Waals surface area contributed by atoms with Crippen molar-refractivity contribution in [1.82, 2.24) is 14.5 Å². The SMILES string of the molecule is Cn1cccc(C(CC#Cc2c(C(N)=O)cnc3[nH]cc(Cl)c23)c2cc(F)ccc2F)c1=O. The number of amides is 1. The molecule has 3 heterocycles. The molecule has 1 atom stereocenters. The van der Waals surface area contributed by atoms with Gasteiger partial charge in [-0.25, -0.2) is 13.8 Å². The maximum Gasteiger partial charge on any atom is 0.254 e. The van der Waals surface area contributed by atoms with Gasteiger partial charge in [0.15, 0.2) is 0 Å². The van der Waals surface area contributed by atoms with Crippen LogP contribution in [-0.4, -0.2) is 20.4 Å². The zero-order chi connectivity index (χ0) is 23.7. The molecule has 166 valence electrons. The molecule has 0 radical (unpaired) electrons. The molecule has 6 nitrogen and oxygen atoms in total. The second-order valence-electron chi connectivity index (χ2n) is 7.38. The van der Waals surface area contributed by atoms with Crippen LogP contribution in [0.25, 0.3) is 11.0 Å². The summed E-state index contributed by atoms with van der Waals surface area (Å²) in [5, 5.41) is 0.721. The van der Waals surface area contributed by atoms with E-state index < -0.39 is 23.5 Å². The summed E-state index contributed by atoms with van der Waals surface area (Å²) in [5.41, 5.74) is 6.13. The quantitative estimate of drug-likeness (QED) is 0.447. The number of aromatic nitrogens is 3. The Labute approximate surface area is 192 Å². The van der Waals surface area contributed by atoms with Crippen LogP contribution in [0.3, 0.4) is 0 Å². The van der Waals surface area contributed by atoms with Gasteiger partial charge in [0.25, 0.3) is 11.5 Å². The van der Waals surface area contributed by atoms with Gasteiger partial charge < -0.3 is 15.3 Å². The number of H-pyrrole nitrogens is 1. The van der Waals surface area contributed by atoms with E-state index in [1.165, 1.54) is 17.0 Å². The summed E-state index contributed by atoms with van der Waals surface area (Å²) in [6, 6.07) is 6.27. The van der Waals surface area contributed by atoms with Crippen molar-refractivity contribution in [2.45, 2.75) is 12.3 Å². The van der Waals surface area contributed by atoms with Crippen molar-refractivity contribution in [3.63, 3.8) is 0 Å². The Morgan fingerprint density at radius 2 is 2.09 bits per heavy atom. The molecule has 0 spiro atoms. The molecule has 3 N–H and O–H groups in total. The second-order valence-corrected chi connectivity index (χ2v) is 7.78. The molecule has 0 aliphatic rings. The van der Waals surface area contributed by atoms with Crippen LogP contribution in [0.4, 0.5) is 8.78 Å². The average molecular weight is 467 g/mol. The monoisotopic (exact) mass is 466 g/mol. The van der Waals surface area contributed by atoms with Crippen molar-refractivity contribution in [3.05, 3.63) is 98.2 Å². The van der Waals surface area contributed by atoms with Crippen molar-refractivity contribution in [3.8, 4) is 11.8 Å². The van der Waals surface area contributed by atoms with E-state index in [-0.39, 0.29) is 34.2 Å². The highest BCUT2D eigenvalue weighted by Crippen LogP contribution is 2.30. The fourth-order valence-corrected chi connectivity index (χ4v) is 3.91. The lowest BCUT2D eigenvalue weighted by Gasteiger charge is -2.16. The number of hydrogen-bond acceptors (Lipinski definition) is 3. The average Bonchev–Trinajstić information content (AvgIpc) is 3.16. The number of hydrogen-bond donors (Lipinski definition) is 2. The summed E-state index contributed by atoms with van der Waals surface area (Å²) in [5.74, 6) is 2.89. The van der Waals surface area contributed by atoms with Gasteiger partial charge in [-0.2, -0.15) is 0 Å². The molecule has 0 saturated carbocycles. The molecule has 4 aromatic rings. The minimum absolute atomic E-state index is 0.00211. The van der Waals surface area contributed by atoms with Crippen LogP contribution in [0.2, 0.25) is 5.02 Å². The molecule has 1 unspecified atom stereocenters. The van der Waals surface area contributed by atoms with E-state index in [9.17, 15) is 18.4 Å². The Hall–Kier alpha value is -3.96. The number of aryl methyl sites for hydroxylation is 1. The Morgan fingerprint density at radius 1 is 1.30 bits per heavy atom. The highest BCUT2D eigenvalue weighted by atomic mass is 35.5. The fourth-order valence-electron chi connectivity index (χ4n) is 3.67. The Morgan fingerprint density at radius 3 is 2.85 bits per heavy atom. The summed E-state index contributed by atoms with van der Waals surface area (Å²) >= 11 is 6.24. The number of aromatic amines is 1. The standard InChI is InChI=1S/C24H17ClF2N4O2/c1-31-9-3-6-16(24(31)33)14(17-10-13(26)7-8-20(17)27)4-2-5-15-18(22(28)32)11-29-23-21(15)19(25)12-30-23/h3,6-12,14H,4H2,1H3,(H2,28,32)(H,29,30). The Balaban J connectivity index is 1.86. The Bertz CT molecular complexity index is 1510. The first-order valence-corrected chi connectivity index (χ1v) is 10.2. The van der Waals surface area contributed by atoms with Crippen molar-refractivity contribution >= 4 is 28.5 Å². The first-order chi connectivity index (χ1) is 15.8. The van der Waals surface area contributed by atoms with Gasteiger partial charge in [0.1, 0.15) is 17.3 Å². The third-order valence-electron chi connectivity index (χ3n) is 5.30. The lowest BCUT2D eigenvalue weighted by molar-refractivity contribution is 0.1000. The first kappa shape index (κ1) is 22.2. The topological polar surface area (TPSA) is 93.8 Å². The third-order valence-corrected chi connectivity index (χ3v) is 5.60. The zero-order valence-corrected chi connectivity index (χ0v) is 18.1. The molecule has 9 heteroatoms. The second kappa shape index (κ2) is 8.88. The van der Waals surface area contributed by atoms with Gasteiger partial charge in [0, 0.05) is 43.5 Å². The number of carbonyl (C=O) groups is 1. The van der Waals surface area contributed by atoms with E-state index >= 15 is 0 Å². The summed E-state index contributed by atoms with van der Waals surface area (Å²) in [6.07, 6.45) is 4.33. The van der Waals surface area contributed by atoms with Crippen LogP contribution in [-0.2, 0) is 7.05 Å². The van der Waals surface area contributed by atoms with Crippen LogP contribution in [0.15, 0.2) is 53.7 Å². The van der Waals surface area contributed by atoms with E-state index in [1.807, 2.05) is 0 Å². The Kier molecular flexibility index (Phi) is 5.99. The predicted octanol–water partition coefficient (Wildman–Crippen LogP) is 3.87. The zero-order valence-electron chi connectivity index (χ0n) is 17.3. The molecule has 0 aliphatic carbocycles. The summed E-state index contributed by atoms with van der Waals surface area (Å²) in [7, 11) is 1.57. The molecular weight excluding hydrogens is 450 g/mol. The third kappa shape index (κ3) is 4.23. The van der Waals surface area contributed by atoms with Gasteiger partial charge in [-0.15, -0.1) is 0 Å². The van der Waals surface area contributed by atoms with Crippen molar-refractivity contribution in [2.24, 2.45) is 12.8 Å². The molecule has 33 heavy (non-hydrogen) atoms. The number of nitrogens with one attached hydrogen (secondary N) is 1. The summed E-state index contributed by atoms with van der Waals surface area (Å²) in [6.45, 7) is 0. The molecule has 3 aromatic heterocycles. The number of nitrogens with zero attached hydrogens (tertiary/aromatic N) is 2. The van der Waals surface area contributed by atoms with Crippen LogP contribution >= 0.6 is 11.6 Å². The van der Waals surface area contributed by atoms with Crippen molar-refractivity contribution in [1.29, 1.82) is 0 Å². The van der Waals surface area contributed by atoms with E-state index in [1.54, 1.807) is 25.4 Å². The number of rotatable bonds is 4. The molecule has 0 saturated heterocycles. The van der Waals surface area contributed by atoms with Gasteiger partial charge in [0.05, 0.1) is 21.5 Å². The van der Waals surface area contributed by atoms with E-state index in [4.69, 9.17) is 17.3 Å². The smallest absolute Gasteiger partial charge is 0.254 e. The number of benzene rings is 1. The largest absolute Gasteiger partial charge is 0.366 e.